The van der Waals surface area contributed by atoms with E-state index in [1.165, 1.54) is 6.26 Å². The number of benzene rings is 2. The number of furan rings is 1. The molecule has 3 rings (SSSR count). The average Bonchev–Trinajstić information content (AvgIpc) is 3.32. The first-order valence-corrected chi connectivity index (χ1v) is 10.3. The third-order valence-electron chi connectivity index (χ3n) is 4.17. The number of thiocarbonyl (C=S) groups is 1. The summed E-state index contributed by atoms with van der Waals surface area (Å²) < 4.78 is 15.8. The van der Waals surface area contributed by atoms with Gasteiger partial charge in [-0.25, -0.2) is 0 Å². The molecule has 0 radical (unpaired) electrons. The first-order valence-electron chi connectivity index (χ1n) is 9.93. The van der Waals surface area contributed by atoms with E-state index in [1.54, 1.807) is 60.7 Å². The third kappa shape index (κ3) is 6.93. The van der Waals surface area contributed by atoms with Gasteiger partial charge in [-0.2, -0.15) is 0 Å². The fourth-order valence-corrected chi connectivity index (χ4v) is 2.89. The smallest absolute Gasteiger partial charge is 0.291 e. The summed E-state index contributed by atoms with van der Waals surface area (Å²) in [5, 5.41) is 8.41. The second-order valence-electron chi connectivity index (χ2n) is 6.49. The van der Waals surface area contributed by atoms with Crippen molar-refractivity contribution in [2.24, 2.45) is 0 Å². The lowest BCUT2D eigenvalue weighted by Crippen LogP contribution is -2.34. The predicted octanol–water partition coefficient (Wildman–Crippen LogP) is 4.07. The van der Waals surface area contributed by atoms with Crippen LogP contribution in [0, 0.1) is 0 Å². The summed E-state index contributed by atoms with van der Waals surface area (Å²) in [4.78, 5) is 24.5. The normalized spacial score (nSPS) is 10.3. The van der Waals surface area contributed by atoms with Gasteiger partial charge in [0.25, 0.3) is 11.8 Å². The maximum absolute atomic E-state index is 12.4. The van der Waals surface area contributed by atoms with Crippen LogP contribution >= 0.6 is 12.2 Å². The molecule has 0 aliphatic carbocycles. The Morgan fingerprint density at radius 2 is 1.69 bits per heavy atom. The van der Waals surface area contributed by atoms with Crippen LogP contribution in [0.3, 0.4) is 0 Å². The van der Waals surface area contributed by atoms with Crippen molar-refractivity contribution in [2.75, 3.05) is 30.5 Å². The first kappa shape index (κ1) is 23.0. The van der Waals surface area contributed by atoms with Crippen molar-refractivity contribution in [3.05, 3.63) is 78.3 Å². The van der Waals surface area contributed by atoms with Crippen molar-refractivity contribution in [1.82, 2.24) is 5.32 Å². The van der Waals surface area contributed by atoms with Gasteiger partial charge in [-0.15, -0.1) is 0 Å². The number of carbonyl (C=O) groups excluding carboxylic acids is 2. The second-order valence-corrected chi connectivity index (χ2v) is 6.90. The fraction of sp³-hybridized carbons (Fsp3) is 0.174. The van der Waals surface area contributed by atoms with Gasteiger partial charge < -0.3 is 24.5 Å². The Bertz CT molecular complexity index is 1050. The summed E-state index contributed by atoms with van der Waals surface area (Å²) >= 11 is 5.23. The number of nitrogens with one attached hydrogen (secondary N) is 3. The fourth-order valence-electron chi connectivity index (χ4n) is 2.68. The number of rotatable bonds is 9. The summed E-state index contributed by atoms with van der Waals surface area (Å²) in [6.45, 7) is 3.50. The van der Waals surface area contributed by atoms with Gasteiger partial charge in [-0.3, -0.25) is 14.9 Å². The SMILES string of the molecule is CCOCCOc1ccc(C(=O)NC(=S)Nc2cccc(NC(=O)c3ccco3)c2)cc1. The lowest BCUT2D eigenvalue weighted by atomic mass is 10.2. The van der Waals surface area contributed by atoms with E-state index in [-0.39, 0.29) is 22.7 Å². The van der Waals surface area contributed by atoms with Gasteiger partial charge in [-0.1, -0.05) is 6.07 Å². The Morgan fingerprint density at radius 1 is 0.938 bits per heavy atom. The van der Waals surface area contributed by atoms with Gasteiger partial charge in [0.2, 0.25) is 0 Å². The van der Waals surface area contributed by atoms with Crippen LogP contribution in [0.4, 0.5) is 11.4 Å². The van der Waals surface area contributed by atoms with E-state index < -0.39 is 0 Å². The Kier molecular flexibility index (Phi) is 8.36. The van der Waals surface area contributed by atoms with Crippen LogP contribution in [0.2, 0.25) is 0 Å². The maximum Gasteiger partial charge on any atom is 0.291 e. The van der Waals surface area contributed by atoms with Gasteiger partial charge in [0.05, 0.1) is 12.9 Å². The van der Waals surface area contributed by atoms with Crippen molar-refractivity contribution >= 4 is 40.5 Å². The number of ether oxygens (including phenoxy) is 2. The van der Waals surface area contributed by atoms with Gasteiger partial charge in [0, 0.05) is 23.5 Å². The summed E-state index contributed by atoms with van der Waals surface area (Å²) in [5.41, 5.74) is 1.59. The number of carbonyl (C=O) groups is 2. The highest BCUT2D eigenvalue weighted by molar-refractivity contribution is 7.80. The van der Waals surface area contributed by atoms with Crippen molar-refractivity contribution in [3.63, 3.8) is 0 Å². The van der Waals surface area contributed by atoms with Gasteiger partial charge in [0.15, 0.2) is 10.9 Å². The molecule has 2 aromatic carbocycles. The van der Waals surface area contributed by atoms with Crippen molar-refractivity contribution in [3.8, 4) is 5.75 Å². The highest BCUT2D eigenvalue weighted by Gasteiger charge is 2.11. The first-order chi connectivity index (χ1) is 15.5. The van der Waals surface area contributed by atoms with Crippen LogP contribution in [-0.2, 0) is 4.74 Å². The average molecular weight is 454 g/mol. The van der Waals surface area contributed by atoms with Crippen molar-refractivity contribution < 1.29 is 23.5 Å². The van der Waals surface area contributed by atoms with Gasteiger partial charge >= 0.3 is 0 Å². The molecule has 0 spiro atoms. The van der Waals surface area contributed by atoms with E-state index >= 15 is 0 Å². The van der Waals surface area contributed by atoms with Crippen LogP contribution in [-0.4, -0.2) is 36.7 Å². The molecule has 3 N–H and O–H groups in total. The Labute approximate surface area is 190 Å². The molecule has 1 aromatic heterocycles. The lowest BCUT2D eigenvalue weighted by Gasteiger charge is -2.11. The highest BCUT2D eigenvalue weighted by atomic mass is 32.1. The minimum Gasteiger partial charge on any atom is -0.491 e. The molecular formula is C23H23N3O5S. The molecule has 2 amide bonds. The number of hydrogen-bond donors (Lipinski definition) is 3. The second kappa shape index (κ2) is 11.6. The Morgan fingerprint density at radius 3 is 2.38 bits per heavy atom. The summed E-state index contributed by atoms with van der Waals surface area (Å²) in [5.74, 6) is 0.131. The van der Waals surface area contributed by atoms with Gasteiger partial charge in [-0.05, 0) is 73.7 Å². The van der Waals surface area contributed by atoms with Crippen LogP contribution in [0.1, 0.15) is 27.8 Å². The molecule has 0 aliphatic rings. The Hall–Kier alpha value is -3.69. The number of hydrogen-bond acceptors (Lipinski definition) is 6. The molecule has 0 bridgehead atoms. The van der Waals surface area contributed by atoms with Crippen molar-refractivity contribution in [1.29, 1.82) is 0 Å². The van der Waals surface area contributed by atoms with Crippen LogP contribution in [0.25, 0.3) is 0 Å². The van der Waals surface area contributed by atoms with E-state index in [1.807, 2.05) is 6.92 Å². The molecule has 9 heteroatoms. The molecular weight excluding hydrogens is 430 g/mol. The number of amides is 2. The van der Waals surface area contributed by atoms with E-state index in [2.05, 4.69) is 16.0 Å². The largest absolute Gasteiger partial charge is 0.491 e. The van der Waals surface area contributed by atoms with Gasteiger partial charge in [0.1, 0.15) is 12.4 Å². The molecule has 1 heterocycles. The van der Waals surface area contributed by atoms with E-state index in [9.17, 15) is 9.59 Å². The molecule has 166 valence electrons. The highest BCUT2D eigenvalue weighted by Crippen LogP contribution is 2.17. The maximum atomic E-state index is 12.4. The van der Waals surface area contributed by atoms with Crippen LogP contribution in [0.5, 0.6) is 5.75 Å². The molecule has 8 nitrogen and oxygen atoms in total. The predicted molar refractivity (Wildman–Crippen MR) is 125 cm³/mol. The molecule has 0 atom stereocenters. The van der Waals surface area contributed by atoms with E-state index in [0.29, 0.717) is 42.5 Å². The topological polar surface area (TPSA) is 102 Å². The molecule has 0 unspecified atom stereocenters. The number of anilines is 2. The molecule has 0 saturated carbocycles. The third-order valence-corrected chi connectivity index (χ3v) is 4.37. The molecule has 0 aliphatic heterocycles. The minimum atomic E-state index is -0.367. The van der Waals surface area contributed by atoms with Crippen molar-refractivity contribution in [2.45, 2.75) is 6.92 Å². The standard InChI is InChI=1S/C23H23N3O5S/c1-2-29-13-14-30-19-10-8-16(9-11-19)21(27)26-23(32)25-18-6-3-5-17(15-18)24-22(28)20-7-4-12-31-20/h3-12,15H,2,13-14H2,1H3,(H,24,28)(H2,25,26,27,32). The lowest BCUT2D eigenvalue weighted by molar-refractivity contribution is 0.0974. The summed E-state index contributed by atoms with van der Waals surface area (Å²) in [6.07, 6.45) is 1.43. The molecule has 32 heavy (non-hydrogen) atoms. The molecule has 3 aromatic rings. The zero-order valence-electron chi connectivity index (χ0n) is 17.4. The van der Waals surface area contributed by atoms with E-state index in [0.717, 1.165) is 0 Å². The quantitative estimate of drug-likeness (QED) is 0.332. The van der Waals surface area contributed by atoms with Crippen LogP contribution in [0.15, 0.2) is 71.3 Å². The monoisotopic (exact) mass is 453 g/mol. The summed E-state index contributed by atoms with van der Waals surface area (Å²) in [6, 6.07) is 16.9. The zero-order valence-corrected chi connectivity index (χ0v) is 18.2. The molecule has 0 saturated heterocycles. The summed E-state index contributed by atoms with van der Waals surface area (Å²) in [7, 11) is 0. The molecule has 0 fully saturated rings. The Balaban J connectivity index is 1.50. The zero-order chi connectivity index (χ0) is 22.8. The minimum absolute atomic E-state index is 0.126. The van der Waals surface area contributed by atoms with E-state index in [4.69, 9.17) is 26.1 Å². The van der Waals surface area contributed by atoms with Crippen LogP contribution < -0.4 is 20.7 Å².